The van der Waals surface area contributed by atoms with Gasteiger partial charge in [0.1, 0.15) is 11.4 Å². The molecule has 2 aromatic carbocycles. The summed E-state index contributed by atoms with van der Waals surface area (Å²) >= 11 is 0. The maximum atomic E-state index is 13.4. The van der Waals surface area contributed by atoms with Gasteiger partial charge in [-0.05, 0) is 30.0 Å². The van der Waals surface area contributed by atoms with E-state index in [2.05, 4.69) is 24.0 Å². The Morgan fingerprint density at radius 2 is 1.69 bits per heavy atom. The van der Waals surface area contributed by atoms with Crippen LogP contribution in [0, 0.1) is 0 Å². The molecule has 0 N–H and O–H groups in total. The number of hydrogen-bond acceptors (Lipinski definition) is 4. The number of rotatable bonds is 6. The maximum Gasteiger partial charge on any atom is 0.277 e. The van der Waals surface area contributed by atoms with Gasteiger partial charge in [0.15, 0.2) is 0 Å². The molecule has 0 spiro atoms. The Kier molecular flexibility index (Phi) is 5.38. The van der Waals surface area contributed by atoms with Crippen molar-refractivity contribution in [2.75, 3.05) is 20.2 Å². The average molecular weight is 390 g/mol. The van der Waals surface area contributed by atoms with Gasteiger partial charge >= 0.3 is 0 Å². The van der Waals surface area contributed by atoms with Gasteiger partial charge in [-0.15, -0.1) is 0 Å². The van der Waals surface area contributed by atoms with Crippen molar-refractivity contribution in [3.8, 4) is 5.75 Å². The Labute approximate surface area is 171 Å². The predicted octanol–water partition coefficient (Wildman–Crippen LogP) is 3.63. The van der Waals surface area contributed by atoms with Crippen LogP contribution in [0.5, 0.6) is 5.75 Å². The lowest BCUT2D eigenvalue weighted by Gasteiger charge is -2.31. The highest BCUT2D eigenvalue weighted by atomic mass is 16.5. The molecule has 5 nitrogen and oxygen atoms in total. The number of nitrogens with zero attached hydrogens (tertiary/aromatic N) is 2. The van der Waals surface area contributed by atoms with E-state index in [1.165, 1.54) is 16.0 Å². The monoisotopic (exact) mass is 390 g/mol. The van der Waals surface area contributed by atoms with Gasteiger partial charge in [0.25, 0.3) is 11.8 Å². The van der Waals surface area contributed by atoms with Crippen LogP contribution in [0.3, 0.4) is 0 Å². The molecule has 2 amide bonds. The van der Waals surface area contributed by atoms with Crippen molar-refractivity contribution in [1.82, 2.24) is 9.80 Å². The second-order valence-corrected chi connectivity index (χ2v) is 7.48. The molecule has 0 saturated heterocycles. The first-order valence-corrected chi connectivity index (χ1v) is 10.2. The van der Waals surface area contributed by atoms with E-state index >= 15 is 0 Å². The second kappa shape index (κ2) is 8.11. The fourth-order valence-electron chi connectivity index (χ4n) is 4.16. The maximum absolute atomic E-state index is 13.4. The van der Waals surface area contributed by atoms with Gasteiger partial charge < -0.3 is 9.64 Å². The third kappa shape index (κ3) is 3.41. The van der Waals surface area contributed by atoms with Crippen LogP contribution in [0.15, 0.2) is 54.2 Å². The molecule has 150 valence electrons. The van der Waals surface area contributed by atoms with Crippen molar-refractivity contribution >= 4 is 17.4 Å². The van der Waals surface area contributed by atoms with Crippen molar-refractivity contribution in [2.45, 2.75) is 32.7 Å². The van der Waals surface area contributed by atoms with Crippen LogP contribution >= 0.6 is 0 Å². The number of unbranched alkanes of at least 4 members (excludes halogenated alkanes) is 1. The molecule has 29 heavy (non-hydrogen) atoms. The Balaban J connectivity index is 1.80. The topological polar surface area (TPSA) is 49.9 Å². The number of carbonyl (C=O) groups is 2. The number of para-hydroxylation sites is 1. The number of amides is 2. The van der Waals surface area contributed by atoms with Crippen LogP contribution < -0.4 is 4.74 Å². The zero-order valence-electron chi connectivity index (χ0n) is 17.0. The van der Waals surface area contributed by atoms with E-state index in [9.17, 15) is 9.59 Å². The first kappa shape index (κ1) is 19.2. The summed E-state index contributed by atoms with van der Waals surface area (Å²) in [5.41, 5.74) is 4.16. The molecule has 0 radical (unpaired) electrons. The molecule has 2 heterocycles. The highest BCUT2D eigenvalue weighted by Crippen LogP contribution is 2.37. The van der Waals surface area contributed by atoms with Gasteiger partial charge in [-0.2, -0.15) is 0 Å². The first-order chi connectivity index (χ1) is 14.2. The number of ether oxygens (including phenoxy) is 1. The number of carbonyl (C=O) groups excluding carboxylic acids is 2. The number of fused-ring (bicyclic) bond motifs is 1. The normalized spacial score (nSPS) is 16.5. The van der Waals surface area contributed by atoms with Crippen LogP contribution in [0.25, 0.3) is 5.57 Å². The van der Waals surface area contributed by atoms with Crippen molar-refractivity contribution in [2.24, 2.45) is 0 Å². The molecule has 2 aliphatic heterocycles. The molecule has 0 saturated carbocycles. The Hall–Kier alpha value is -3.08. The van der Waals surface area contributed by atoms with Crippen LogP contribution in [-0.2, 0) is 22.6 Å². The largest absolute Gasteiger partial charge is 0.496 e. The van der Waals surface area contributed by atoms with Crippen molar-refractivity contribution in [1.29, 1.82) is 0 Å². The Morgan fingerprint density at radius 3 is 2.45 bits per heavy atom. The molecule has 0 bridgehead atoms. The van der Waals surface area contributed by atoms with E-state index in [1.807, 2.05) is 36.4 Å². The summed E-state index contributed by atoms with van der Waals surface area (Å²) in [4.78, 5) is 30.2. The summed E-state index contributed by atoms with van der Waals surface area (Å²) in [5.74, 6) is 0.196. The minimum Gasteiger partial charge on any atom is -0.496 e. The molecule has 2 aliphatic rings. The minimum atomic E-state index is -0.221. The Bertz CT molecular complexity index is 980. The second-order valence-electron chi connectivity index (χ2n) is 7.48. The quantitative estimate of drug-likeness (QED) is 0.707. The van der Waals surface area contributed by atoms with Gasteiger partial charge in [-0.25, -0.2) is 0 Å². The molecule has 0 fully saturated rings. The van der Waals surface area contributed by atoms with Crippen molar-refractivity contribution in [3.05, 3.63) is 70.9 Å². The fourth-order valence-corrected chi connectivity index (χ4v) is 4.16. The Morgan fingerprint density at radius 1 is 0.966 bits per heavy atom. The zero-order valence-corrected chi connectivity index (χ0v) is 17.0. The highest BCUT2D eigenvalue weighted by Gasteiger charge is 2.42. The fraction of sp³-hybridized carbons (Fsp3) is 0.333. The van der Waals surface area contributed by atoms with E-state index < -0.39 is 0 Å². The number of hydrogen-bond donors (Lipinski definition) is 0. The van der Waals surface area contributed by atoms with Crippen LogP contribution in [-0.4, -0.2) is 41.8 Å². The molecule has 0 unspecified atom stereocenters. The van der Waals surface area contributed by atoms with Crippen LogP contribution in [0.2, 0.25) is 0 Å². The summed E-state index contributed by atoms with van der Waals surface area (Å²) in [6.07, 6.45) is 2.58. The van der Waals surface area contributed by atoms with Gasteiger partial charge in [0.05, 0.1) is 12.7 Å². The summed E-state index contributed by atoms with van der Waals surface area (Å²) in [5, 5.41) is 0. The zero-order chi connectivity index (χ0) is 20.4. The molecule has 2 aromatic rings. The van der Waals surface area contributed by atoms with E-state index in [0.29, 0.717) is 42.2 Å². The number of methoxy groups -OCH3 is 1. The molecular weight excluding hydrogens is 364 g/mol. The smallest absolute Gasteiger partial charge is 0.277 e. The summed E-state index contributed by atoms with van der Waals surface area (Å²) in [7, 11) is 1.59. The molecular formula is C24H26N2O3. The SMILES string of the molecule is CCCCN1C(=O)C(c2ccccc2OC)=C(N2CCc3ccccc3C2)C1=O. The van der Waals surface area contributed by atoms with Gasteiger partial charge in [-0.3, -0.25) is 14.5 Å². The van der Waals surface area contributed by atoms with Crippen LogP contribution in [0.4, 0.5) is 0 Å². The summed E-state index contributed by atoms with van der Waals surface area (Å²) in [6, 6.07) is 15.7. The van der Waals surface area contributed by atoms with Gasteiger partial charge in [0, 0.05) is 25.2 Å². The van der Waals surface area contributed by atoms with Crippen molar-refractivity contribution < 1.29 is 14.3 Å². The van der Waals surface area contributed by atoms with Gasteiger partial charge in [-0.1, -0.05) is 55.8 Å². The first-order valence-electron chi connectivity index (χ1n) is 10.2. The molecule has 0 aliphatic carbocycles. The lowest BCUT2D eigenvalue weighted by molar-refractivity contribution is -0.137. The van der Waals surface area contributed by atoms with Crippen LogP contribution in [0.1, 0.15) is 36.5 Å². The summed E-state index contributed by atoms with van der Waals surface area (Å²) in [6.45, 7) is 3.85. The van der Waals surface area contributed by atoms with E-state index in [4.69, 9.17) is 4.74 Å². The lowest BCUT2D eigenvalue weighted by atomic mass is 9.97. The third-order valence-corrected chi connectivity index (χ3v) is 5.70. The van der Waals surface area contributed by atoms with E-state index in [1.54, 1.807) is 7.11 Å². The number of benzene rings is 2. The standard InChI is InChI=1S/C24H26N2O3/c1-3-4-14-26-23(27)21(19-11-7-8-12-20(19)29-2)22(24(26)28)25-15-13-17-9-5-6-10-18(17)16-25/h5-12H,3-4,13-16H2,1-2H3. The van der Waals surface area contributed by atoms with Gasteiger partial charge in [0.2, 0.25) is 0 Å². The van der Waals surface area contributed by atoms with Crippen molar-refractivity contribution in [3.63, 3.8) is 0 Å². The molecule has 0 atom stereocenters. The minimum absolute atomic E-state index is 0.191. The highest BCUT2D eigenvalue weighted by molar-refractivity contribution is 6.36. The van der Waals surface area contributed by atoms with E-state index in [0.717, 1.165) is 19.3 Å². The number of imide groups is 1. The average Bonchev–Trinajstić information content (AvgIpc) is 3.01. The lowest BCUT2D eigenvalue weighted by Crippen LogP contribution is -2.37. The van der Waals surface area contributed by atoms with E-state index in [-0.39, 0.29) is 11.8 Å². The molecule has 0 aromatic heterocycles. The third-order valence-electron chi connectivity index (χ3n) is 5.70. The molecule has 4 rings (SSSR count). The predicted molar refractivity (Wildman–Crippen MR) is 112 cm³/mol. The summed E-state index contributed by atoms with van der Waals surface area (Å²) < 4.78 is 5.51. The molecule has 5 heteroatoms.